The topological polar surface area (TPSA) is 70.2 Å². The fraction of sp³-hybridized carbons (Fsp3) is 0.421. The smallest absolute Gasteiger partial charge is 0.319 e. The Kier molecular flexibility index (Phi) is 5.62. The van der Waals surface area contributed by atoms with Crippen LogP contribution < -0.4 is 15.5 Å². The van der Waals surface area contributed by atoms with Gasteiger partial charge in [-0.1, -0.05) is 32.9 Å². The van der Waals surface area contributed by atoms with Crippen molar-refractivity contribution in [3.05, 3.63) is 47.4 Å². The molecule has 25 heavy (non-hydrogen) atoms. The van der Waals surface area contributed by atoms with Crippen molar-refractivity contribution in [1.29, 1.82) is 0 Å². The molecule has 0 aliphatic rings. The Hall–Kier alpha value is -2.63. The van der Waals surface area contributed by atoms with Crippen molar-refractivity contribution in [2.24, 2.45) is 0 Å². The van der Waals surface area contributed by atoms with Crippen LogP contribution in [0.3, 0.4) is 0 Å². The predicted octanol–water partition coefficient (Wildman–Crippen LogP) is 3.47. The third-order valence-electron chi connectivity index (χ3n) is 3.76. The molecular weight excluding hydrogens is 314 g/mol. The molecule has 0 aliphatic heterocycles. The Morgan fingerprint density at radius 2 is 1.76 bits per heavy atom. The van der Waals surface area contributed by atoms with E-state index in [1.165, 1.54) is 5.56 Å². The molecular formula is C19H27N5O. The maximum atomic E-state index is 12.1. The minimum Gasteiger partial charge on any atom is -0.363 e. The summed E-state index contributed by atoms with van der Waals surface area (Å²) in [7, 11) is 3.85. The van der Waals surface area contributed by atoms with E-state index in [9.17, 15) is 4.79 Å². The first kappa shape index (κ1) is 18.7. The zero-order valence-electron chi connectivity index (χ0n) is 15.8. The van der Waals surface area contributed by atoms with Crippen LogP contribution in [0.25, 0.3) is 0 Å². The molecule has 0 saturated heterocycles. The number of rotatable bonds is 4. The van der Waals surface area contributed by atoms with Gasteiger partial charge in [0.15, 0.2) is 0 Å². The van der Waals surface area contributed by atoms with Gasteiger partial charge in [-0.05, 0) is 30.0 Å². The molecule has 0 bridgehead atoms. The third kappa shape index (κ3) is 5.45. The average molecular weight is 341 g/mol. The minimum atomic E-state index is -0.278. The van der Waals surface area contributed by atoms with E-state index in [0.717, 1.165) is 17.2 Å². The van der Waals surface area contributed by atoms with E-state index in [-0.39, 0.29) is 18.0 Å². The summed E-state index contributed by atoms with van der Waals surface area (Å²) in [5.74, 6) is 1.41. The van der Waals surface area contributed by atoms with Crippen LogP contribution in [0, 0.1) is 6.92 Å². The number of amides is 2. The molecule has 0 fully saturated rings. The molecule has 2 amide bonds. The van der Waals surface area contributed by atoms with E-state index in [2.05, 4.69) is 41.4 Å². The molecule has 6 nitrogen and oxygen atoms in total. The lowest BCUT2D eigenvalue weighted by Gasteiger charge is -2.19. The zero-order chi connectivity index (χ0) is 18.6. The van der Waals surface area contributed by atoms with Gasteiger partial charge < -0.3 is 15.5 Å². The molecule has 1 heterocycles. The van der Waals surface area contributed by atoms with Crippen molar-refractivity contribution in [2.45, 2.75) is 39.7 Å². The van der Waals surface area contributed by atoms with Gasteiger partial charge in [0, 0.05) is 31.5 Å². The largest absolute Gasteiger partial charge is 0.363 e. The van der Waals surface area contributed by atoms with Gasteiger partial charge in [-0.2, -0.15) is 0 Å². The Labute approximate surface area is 149 Å². The quantitative estimate of drug-likeness (QED) is 0.893. The summed E-state index contributed by atoms with van der Waals surface area (Å²) < 4.78 is 0. The summed E-state index contributed by atoms with van der Waals surface area (Å²) in [5, 5.41) is 5.62. The van der Waals surface area contributed by atoms with Crippen LogP contribution in [0.1, 0.15) is 37.9 Å². The van der Waals surface area contributed by atoms with Crippen molar-refractivity contribution in [2.75, 3.05) is 24.3 Å². The average Bonchev–Trinajstić information content (AvgIpc) is 2.52. The molecule has 2 N–H and O–H groups in total. The lowest BCUT2D eigenvalue weighted by Crippen LogP contribution is -2.29. The van der Waals surface area contributed by atoms with Crippen molar-refractivity contribution in [3.63, 3.8) is 0 Å². The van der Waals surface area contributed by atoms with Crippen molar-refractivity contribution >= 4 is 17.5 Å². The second kappa shape index (κ2) is 7.51. The standard InChI is InChI=1S/C19H27N5O/c1-13-11-17(24(5)6)23-16(21-13)12-20-18(25)22-15-9-7-14(8-10-15)19(2,3)4/h7-11H,12H2,1-6H3,(H2,20,22,25). The van der Waals surface area contributed by atoms with Crippen molar-refractivity contribution in [3.8, 4) is 0 Å². The molecule has 134 valence electrons. The van der Waals surface area contributed by atoms with Gasteiger partial charge >= 0.3 is 6.03 Å². The minimum absolute atomic E-state index is 0.0907. The van der Waals surface area contributed by atoms with Crippen LogP contribution in [0.15, 0.2) is 30.3 Å². The van der Waals surface area contributed by atoms with E-state index < -0.39 is 0 Å². The Balaban J connectivity index is 1.95. The maximum Gasteiger partial charge on any atom is 0.319 e. The van der Waals surface area contributed by atoms with E-state index in [1.54, 1.807) is 0 Å². The summed E-state index contributed by atoms with van der Waals surface area (Å²) in [6.07, 6.45) is 0. The molecule has 0 saturated carbocycles. The van der Waals surface area contributed by atoms with Gasteiger partial charge in [-0.25, -0.2) is 14.8 Å². The number of carbonyl (C=O) groups excluding carboxylic acids is 1. The number of nitrogens with one attached hydrogen (secondary N) is 2. The number of anilines is 2. The van der Waals surface area contributed by atoms with Gasteiger partial charge in [-0.3, -0.25) is 0 Å². The predicted molar refractivity (Wildman–Crippen MR) is 102 cm³/mol. The number of hydrogen-bond donors (Lipinski definition) is 2. The van der Waals surface area contributed by atoms with E-state index in [0.29, 0.717) is 5.82 Å². The maximum absolute atomic E-state index is 12.1. The number of benzene rings is 1. The summed E-state index contributed by atoms with van der Waals surface area (Å²) in [6, 6.07) is 9.51. The molecule has 0 spiro atoms. The number of hydrogen-bond acceptors (Lipinski definition) is 4. The monoisotopic (exact) mass is 341 g/mol. The fourth-order valence-electron chi connectivity index (χ4n) is 2.31. The van der Waals surface area contributed by atoms with Crippen LogP contribution in [0.4, 0.5) is 16.3 Å². The lowest BCUT2D eigenvalue weighted by atomic mass is 9.87. The number of aryl methyl sites for hydroxylation is 1. The molecule has 1 aromatic heterocycles. The number of nitrogens with zero attached hydrogens (tertiary/aromatic N) is 3. The third-order valence-corrected chi connectivity index (χ3v) is 3.76. The molecule has 6 heteroatoms. The van der Waals surface area contributed by atoms with Crippen molar-refractivity contribution < 1.29 is 4.79 Å². The highest BCUT2D eigenvalue weighted by molar-refractivity contribution is 5.89. The molecule has 0 radical (unpaired) electrons. The Morgan fingerprint density at radius 1 is 1.12 bits per heavy atom. The fourth-order valence-corrected chi connectivity index (χ4v) is 2.31. The Morgan fingerprint density at radius 3 is 2.32 bits per heavy atom. The second-order valence-electron chi connectivity index (χ2n) is 7.31. The van der Waals surface area contributed by atoms with Crippen LogP contribution in [0.5, 0.6) is 0 Å². The van der Waals surface area contributed by atoms with Gasteiger partial charge in [-0.15, -0.1) is 0 Å². The van der Waals surface area contributed by atoms with Gasteiger partial charge in [0.1, 0.15) is 11.6 Å². The number of urea groups is 1. The molecule has 2 rings (SSSR count). The van der Waals surface area contributed by atoms with Gasteiger partial charge in [0.2, 0.25) is 0 Å². The normalized spacial score (nSPS) is 11.1. The summed E-state index contributed by atoms with van der Waals surface area (Å²) >= 11 is 0. The highest BCUT2D eigenvalue weighted by Gasteiger charge is 2.13. The van der Waals surface area contributed by atoms with Crippen molar-refractivity contribution in [1.82, 2.24) is 15.3 Å². The highest BCUT2D eigenvalue weighted by atomic mass is 16.2. The van der Waals surface area contributed by atoms with Crippen LogP contribution in [0.2, 0.25) is 0 Å². The van der Waals surface area contributed by atoms with E-state index in [1.807, 2.05) is 56.3 Å². The van der Waals surface area contributed by atoms with Crippen LogP contribution in [-0.4, -0.2) is 30.1 Å². The molecule has 1 aromatic carbocycles. The second-order valence-corrected chi connectivity index (χ2v) is 7.31. The highest BCUT2D eigenvalue weighted by Crippen LogP contribution is 2.23. The van der Waals surface area contributed by atoms with Gasteiger partial charge in [0.05, 0.1) is 6.54 Å². The first-order valence-electron chi connectivity index (χ1n) is 8.32. The summed E-state index contributed by atoms with van der Waals surface area (Å²) in [6.45, 7) is 8.66. The number of carbonyl (C=O) groups is 1. The van der Waals surface area contributed by atoms with E-state index in [4.69, 9.17) is 0 Å². The summed E-state index contributed by atoms with van der Waals surface area (Å²) in [4.78, 5) is 22.8. The zero-order valence-corrected chi connectivity index (χ0v) is 15.8. The number of aromatic nitrogens is 2. The van der Waals surface area contributed by atoms with Crippen LogP contribution >= 0.6 is 0 Å². The van der Waals surface area contributed by atoms with Crippen LogP contribution in [-0.2, 0) is 12.0 Å². The first-order chi connectivity index (χ1) is 11.6. The first-order valence-corrected chi connectivity index (χ1v) is 8.32. The molecule has 0 unspecified atom stereocenters. The molecule has 0 aliphatic carbocycles. The van der Waals surface area contributed by atoms with E-state index >= 15 is 0 Å². The van der Waals surface area contributed by atoms with Gasteiger partial charge in [0.25, 0.3) is 0 Å². The SMILES string of the molecule is Cc1cc(N(C)C)nc(CNC(=O)Nc2ccc(C(C)(C)C)cc2)n1. The molecule has 0 atom stereocenters. The molecule has 2 aromatic rings. The summed E-state index contributed by atoms with van der Waals surface area (Å²) in [5.41, 5.74) is 2.94. The lowest BCUT2D eigenvalue weighted by molar-refractivity contribution is 0.251. The Bertz CT molecular complexity index is 732.